The van der Waals surface area contributed by atoms with E-state index in [1.165, 1.54) is 25.6 Å². The monoisotopic (exact) mass is 429 g/mol. The van der Waals surface area contributed by atoms with E-state index < -0.39 is 23.1 Å². The number of aromatic amines is 1. The number of imidazole rings is 1. The van der Waals surface area contributed by atoms with Crippen LogP contribution in [0.25, 0.3) is 17.2 Å². The van der Waals surface area contributed by atoms with Crippen molar-refractivity contribution in [3.8, 4) is 17.4 Å². The molecule has 0 aliphatic heterocycles. The van der Waals surface area contributed by atoms with Gasteiger partial charge in [-0.05, 0) is 43.4 Å². The highest BCUT2D eigenvalue weighted by Crippen LogP contribution is 2.25. The molecule has 154 valence electrons. The molecule has 0 amide bonds. The molecule has 0 spiro atoms. The van der Waals surface area contributed by atoms with Gasteiger partial charge in [-0.1, -0.05) is 0 Å². The molecule has 1 aromatic carbocycles. The number of H-pyrrole nitrogens is 1. The second kappa shape index (κ2) is 7.52. The highest BCUT2D eigenvalue weighted by atomic mass is 32.2. The fraction of sp³-hybridized carbons (Fsp3) is 0.200. The van der Waals surface area contributed by atoms with Crippen molar-refractivity contribution >= 4 is 17.4 Å². The molecule has 10 heteroatoms. The van der Waals surface area contributed by atoms with Gasteiger partial charge in [-0.2, -0.15) is 4.98 Å². The minimum Gasteiger partial charge on any atom is -0.493 e. The van der Waals surface area contributed by atoms with Crippen LogP contribution in [0.1, 0.15) is 22.4 Å². The Morgan fingerprint density at radius 2 is 1.97 bits per heavy atom. The Morgan fingerprint density at radius 3 is 2.67 bits per heavy atom. The quantitative estimate of drug-likeness (QED) is 0.483. The number of hydrogen-bond donors (Lipinski definition) is 2. The molecule has 3 heterocycles. The molecule has 0 bridgehead atoms. The van der Waals surface area contributed by atoms with Gasteiger partial charge in [-0.3, -0.25) is 9.20 Å². The lowest BCUT2D eigenvalue weighted by molar-refractivity contribution is 0.447. The van der Waals surface area contributed by atoms with Gasteiger partial charge in [0.25, 0.3) is 5.56 Å². The second-order valence-electron chi connectivity index (χ2n) is 6.80. The van der Waals surface area contributed by atoms with E-state index >= 15 is 0 Å². The number of halogens is 2. The van der Waals surface area contributed by atoms with Crippen molar-refractivity contribution in [1.82, 2.24) is 24.3 Å². The number of benzene rings is 1. The number of thioether (sulfide) groups is 1. The molecule has 2 N–H and O–H groups in total. The molecular formula is C20H17F2N5O2S. The molecule has 0 saturated heterocycles. The molecule has 0 fully saturated rings. The number of rotatable bonds is 4. The van der Waals surface area contributed by atoms with Gasteiger partial charge in [0.1, 0.15) is 17.3 Å². The molecule has 7 nitrogen and oxygen atoms in total. The van der Waals surface area contributed by atoms with Gasteiger partial charge in [0.05, 0.1) is 22.5 Å². The zero-order valence-electron chi connectivity index (χ0n) is 16.3. The van der Waals surface area contributed by atoms with E-state index in [4.69, 9.17) is 0 Å². The topological polar surface area (TPSA) is 96.2 Å². The van der Waals surface area contributed by atoms with Gasteiger partial charge in [0.15, 0.2) is 11.5 Å². The van der Waals surface area contributed by atoms with Gasteiger partial charge in [-0.15, -0.1) is 11.8 Å². The van der Waals surface area contributed by atoms with Gasteiger partial charge in [-0.25, -0.2) is 18.7 Å². The van der Waals surface area contributed by atoms with Crippen LogP contribution >= 0.6 is 11.8 Å². The number of hydrogen-bond acceptors (Lipinski definition) is 6. The Morgan fingerprint density at radius 1 is 1.20 bits per heavy atom. The van der Waals surface area contributed by atoms with Crippen LogP contribution in [0.3, 0.4) is 0 Å². The predicted molar refractivity (Wildman–Crippen MR) is 109 cm³/mol. The first-order chi connectivity index (χ1) is 14.3. The average Bonchev–Trinajstić information content (AvgIpc) is 3.13. The molecule has 0 saturated carbocycles. The zero-order chi connectivity index (χ0) is 21.6. The van der Waals surface area contributed by atoms with E-state index in [1.54, 1.807) is 16.8 Å². The Hall–Kier alpha value is -3.27. The standard InChI is InChI=1S/C20H17F2N5O2S/c1-9-4-13(22)11(5-12(9)21)6-14-18-23-7-16(30-3)27(18)8-15(24-14)17-25-19(28)10(2)20(29)26-17/h4-5,7-8H,6H2,1-3H3,(H2,25,26,28,29). The van der Waals surface area contributed by atoms with Gasteiger partial charge in [0.2, 0.25) is 5.88 Å². The normalized spacial score (nSPS) is 11.4. The van der Waals surface area contributed by atoms with Gasteiger partial charge >= 0.3 is 0 Å². The summed E-state index contributed by atoms with van der Waals surface area (Å²) in [6, 6.07) is 2.29. The maximum atomic E-state index is 14.4. The number of fused-ring (bicyclic) bond motifs is 1. The summed E-state index contributed by atoms with van der Waals surface area (Å²) in [5.74, 6) is -1.40. The zero-order valence-corrected chi connectivity index (χ0v) is 17.1. The van der Waals surface area contributed by atoms with Crippen molar-refractivity contribution < 1.29 is 13.9 Å². The molecule has 0 unspecified atom stereocenters. The van der Waals surface area contributed by atoms with Gasteiger partial charge < -0.3 is 10.1 Å². The maximum absolute atomic E-state index is 14.4. The highest BCUT2D eigenvalue weighted by Gasteiger charge is 2.17. The van der Waals surface area contributed by atoms with Crippen molar-refractivity contribution in [3.63, 3.8) is 0 Å². The summed E-state index contributed by atoms with van der Waals surface area (Å²) in [6.07, 6.45) is 5.12. The largest absolute Gasteiger partial charge is 0.493 e. The Balaban J connectivity index is 1.92. The third-order valence-electron chi connectivity index (χ3n) is 4.79. The van der Waals surface area contributed by atoms with Crippen molar-refractivity contribution in [2.75, 3.05) is 6.26 Å². The van der Waals surface area contributed by atoms with E-state index in [2.05, 4.69) is 19.9 Å². The summed E-state index contributed by atoms with van der Waals surface area (Å²) in [6.45, 7) is 2.94. The number of nitrogens with zero attached hydrogens (tertiary/aromatic N) is 4. The minimum atomic E-state index is -0.546. The van der Waals surface area contributed by atoms with E-state index in [1.807, 2.05) is 6.26 Å². The van der Waals surface area contributed by atoms with E-state index in [0.717, 1.165) is 17.2 Å². The molecule has 0 radical (unpaired) electrons. The lowest BCUT2D eigenvalue weighted by Crippen LogP contribution is -2.13. The lowest BCUT2D eigenvalue weighted by Gasteiger charge is -2.10. The second-order valence-corrected chi connectivity index (χ2v) is 7.63. The highest BCUT2D eigenvalue weighted by molar-refractivity contribution is 7.98. The fourth-order valence-corrected chi connectivity index (χ4v) is 3.55. The molecule has 0 atom stereocenters. The summed E-state index contributed by atoms with van der Waals surface area (Å²) in [5.41, 5.74) is 1.04. The lowest BCUT2D eigenvalue weighted by atomic mass is 10.1. The molecule has 3 aromatic heterocycles. The maximum Gasteiger partial charge on any atom is 0.257 e. The number of aromatic nitrogens is 5. The van der Waals surface area contributed by atoms with E-state index in [9.17, 15) is 18.7 Å². The first-order valence-corrected chi connectivity index (χ1v) is 10.2. The number of aryl methyl sites for hydroxylation is 1. The smallest absolute Gasteiger partial charge is 0.257 e. The predicted octanol–water partition coefficient (Wildman–Crippen LogP) is 3.39. The summed E-state index contributed by atoms with van der Waals surface area (Å²) in [7, 11) is 0. The van der Waals surface area contributed by atoms with E-state index in [0.29, 0.717) is 11.3 Å². The molecular weight excluding hydrogens is 412 g/mol. The van der Waals surface area contributed by atoms with Crippen LogP contribution in [-0.2, 0) is 6.42 Å². The Bertz CT molecular complexity index is 1350. The average molecular weight is 429 g/mol. The summed E-state index contributed by atoms with van der Waals surface area (Å²) in [4.78, 5) is 27.5. The van der Waals surface area contributed by atoms with Crippen LogP contribution in [0.15, 0.2) is 34.3 Å². The van der Waals surface area contributed by atoms with Crippen LogP contribution in [0, 0.1) is 25.5 Å². The minimum absolute atomic E-state index is 0.0206. The van der Waals surface area contributed by atoms with E-state index in [-0.39, 0.29) is 34.6 Å². The summed E-state index contributed by atoms with van der Waals surface area (Å²) >= 11 is 1.44. The molecule has 4 rings (SSSR count). The molecule has 30 heavy (non-hydrogen) atoms. The fourth-order valence-electron chi connectivity index (χ4n) is 3.06. The van der Waals surface area contributed by atoms with Crippen LogP contribution in [0.5, 0.6) is 5.88 Å². The first kappa shape index (κ1) is 20.0. The molecule has 4 aromatic rings. The van der Waals surface area contributed by atoms with Crippen molar-refractivity contribution in [1.29, 1.82) is 0 Å². The van der Waals surface area contributed by atoms with Crippen LogP contribution in [0.2, 0.25) is 0 Å². The van der Waals surface area contributed by atoms with Gasteiger partial charge in [0, 0.05) is 12.6 Å². The third-order valence-corrected chi connectivity index (χ3v) is 5.51. The Kier molecular flexibility index (Phi) is 5.02. The third kappa shape index (κ3) is 3.43. The Labute approximate surface area is 173 Å². The first-order valence-electron chi connectivity index (χ1n) is 8.94. The van der Waals surface area contributed by atoms with Crippen molar-refractivity contribution in [3.05, 3.63) is 68.9 Å². The summed E-state index contributed by atoms with van der Waals surface area (Å²) in [5, 5.41) is 10.7. The van der Waals surface area contributed by atoms with Crippen LogP contribution in [-0.4, -0.2) is 35.7 Å². The molecule has 0 aliphatic rings. The molecule has 0 aliphatic carbocycles. The summed E-state index contributed by atoms with van der Waals surface area (Å²) < 4.78 is 30.2. The SMILES string of the molecule is CSc1cnc2c(Cc3cc(F)c(C)cc3F)nc(-c3nc(O)c(C)c(=O)[nH]3)cn12. The number of aromatic hydroxyl groups is 1. The van der Waals surface area contributed by atoms with Crippen LogP contribution in [0.4, 0.5) is 8.78 Å². The van der Waals surface area contributed by atoms with Crippen molar-refractivity contribution in [2.45, 2.75) is 25.3 Å². The van der Waals surface area contributed by atoms with Crippen molar-refractivity contribution in [2.24, 2.45) is 0 Å². The number of nitrogens with one attached hydrogen (secondary N) is 1. The van der Waals surface area contributed by atoms with Crippen LogP contribution < -0.4 is 5.56 Å².